The molecule has 3 atom stereocenters. The molecule has 7 rings (SSSR count). The van der Waals surface area contributed by atoms with Crippen LogP contribution in [-0.2, 0) is 24.8 Å². The van der Waals surface area contributed by atoms with E-state index < -0.39 is 32.9 Å². The van der Waals surface area contributed by atoms with Crippen LogP contribution < -0.4 is 10.2 Å². The number of piperidine rings is 1. The van der Waals surface area contributed by atoms with Crippen LogP contribution in [-0.4, -0.2) is 119 Å². The molecule has 1 N–H and O–H groups in total. The van der Waals surface area contributed by atoms with E-state index in [0.717, 1.165) is 89.4 Å². The first-order chi connectivity index (χ1) is 25.8. The van der Waals surface area contributed by atoms with Gasteiger partial charge in [-0.1, -0.05) is 31.4 Å². The molecule has 1 unspecified atom stereocenters. The fourth-order valence-corrected chi connectivity index (χ4v) is 11.8. The maximum atomic E-state index is 15.5. The first-order valence-electron chi connectivity index (χ1n) is 19.4. The fraction of sp³-hybridized carbons (Fsp3) is 0.610. The Balaban J connectivity index is 1.01. The summed E-state index contributed by atoms with van der Waals surface area (Å²) < 4.78 is 61.9. The number of nitrogens with zero attached hydrogens (tertiary/aromatic N) is 4. The first-order valence-corrected chi connectivity index (χ1v) is 21.0. The number of halogens is 2. The fourth-order valence-electron chi connectivity index (χ4n) is 10.1. The Morgan fingerprint density at radius 2 is 1.72 bits per heavy atom. The molecule has 4 aliphatic heterocycles. The van der Waals surface area contributed by atoms with Crippen molar-refractivity contribution in [1.29, 1.82) is 0 Å². The van der Waals surface area contributed by atoms with Crippen LogP contribution in [0.5, 0.6) is 0 Å². The van der Waals surface area contributed by atoms with Crippen molar-refractivity contribution in [3.63, 3.8) is 0 Å². The Labute approximate surface area is 318 Å². The zero-order chi connectivity index (χ0) is 38.3. The number of carbonyl (C=O) groups is 2. The third-order valence-corrected chi connectivity index (χ3v) is 15.0. The van der Waals surface area contributed by atoms with E-state index in [4.69, 9.17) is 4.74 Å². The maximum Gasteiger partial charge on any atom is 0.407 e. The van der Waals surface area contributed by atoms with Crippen LogP contribution in [0.2, 0.25) is 0 Å². The Morgan fingerprint density at radius 3 is 2.35 bits per heavy atom. The van der Waals surface area contributed by atoms with Gasteiger partial charge in [-0.15, -0.1) is 0 Å². The molecular formula is C41H53F2N5O5S. The van der Waals surface area contributed by atoms with Crippen LogP contribution in [0.1, 0.15) is 57.9 Å². The summed E-state index contributed by atoms with van der Waals surface area (Å²) >= 11 is 0. The summed E-state index contributed by atoms with van der Waals surface area (Å²) in [7, 11) is -2.39. The molecule has 4 heterocycles. The molecule has 5 aliphatic rings. The number of hydrogen-bond acceptors (Lipinski definition) is 8. The molecule has 10 nitrogen and oxygen atoms in total. The second-order valence-electron chi connectivity index (χ2n) is 16.5. The average molecular weight is 766 g/mol. The van der Waals surface area contributed by atoms with Gasteiger partial charge in [0.25, 0.3) is 5.91 Å². The van der Waals surface area contributed by atoms with Crippen LogP contribution >= 0.6 is 0 Å². The number of sulfone groups is 1. The molecule has 0 bridgehead atoms. The molecule has 13 heteroatoms. The van der Waals surface area contributed by atoms with Crippen LogP contribution in [0.3, 0.4) is 0 Å². The number of ether oxygens (including phenoxy) is 1. The van der Waals surface area contributed by atoms with Gasteiger partial charge in [0, 0.05) is 56.1 Å². The monoisotopic (exact) mass is 765 g/mol. The van der Waals surface area contributed by atoms with Crippen molar-refractivity contribution in [3.05, 3.63) is 59.7 Å². The van der Waals surface area contributed by atoms with E-state index in [2.05, 4.69) is 39.9 Å². The molecule has 292 valence electrons. The molecule has 1 saturated carbocycles. The lowest BCUT2D eigenvalue weighted by molar-refractivity contribution is -0.128. The van der Waals surface area contributed by atoms with E-state index in [1.54, 1.807) is 19.1 Å². The highest BCUT2D eigenvalue weighted by molar-refractivity contribution is 7.92. The largest absolute Gasteiger partial charge is 0.453 e. The van der Waals surface area contributed by atoms with Gasteiger partial charge in [0.05, 0.1) is 17.7 Å². The number of rotatable bonds is 11. The van der Waals surface area contributed by atoms with Crippen molar-refractivity contribution in [2.75, 3.05) is 77.5 Å². The zero-order valence-electron chi connectivity index (χ0n) is 31.7. The van der Waals surface area contributed by atoms with Crippen molar-refractivity contribution in [3.8, 4) is 11.8 Å². The van der Waals surface area contributed by atoms with Crippen LogP contribution in [0.25, 0.3) is 0 Å². The van der Waals surface area contributed by atoms with Crippen molar-refractivity contribution in [2.45, 2.75) is 74.0 Å². The van der Waals surface area contributed by atoms with Crippen LogP contribution in [0.15, 0.2) is 47.4 Å². The van der Waals surface area contributed by atoms with Crippen molar-refractivity contribution in [1.82, 2.24) is 20.0 Å². The highest BCUT2D eigenvalue weighted by atomic mass is 32.2. The number of carbonyl (C=O) groups excluding carboxylic acids is 2. The number of likely N-dealkylation sites (tertiary alicyclic amines) is 3. The van der Waals surface area contributed by atoms with Gasteiger partial charge in [0.1, 0.15) is 16.9 Å². The molecule has 5 fully saturated rings. The van der Waals surface area contributed by atoms with Gasteiger partial charge in [-0.05, 0) is 119 Å². The predicted octanol–water partition coefficient (Wildman–Crippen LogP) is 4.68. The Hall–Kier alpha value is -3.73. The van der Waals surface area contributed by atoms with E-state index in [-0.39, 0.29) is 46.6 Å². The summed E-state index contributed by atoms with van der Waals surface area (Å²) in [5, 5.41) is 2.39. The highest BCUT2D eigenvalue weighted by Crippen LogP contribution is 2.52. The minimum atomic E-state index is -3.79. The molecule has 0 aromatic heterocycles. The van der Waals surface area contributed by atoms with Gasteiger partial charge in [-0.3, -0.25) is 4.79 Å². The van der Waals surface area contributed by atoms with Gasteiger partial charge in [-0.25, -0.2) is 22.0 Å². The van der Waals surface area contributed by atoms with Crippen LogP contribution in [0, 0.1) is 40.7 Å². The minimum Gasteiger partial charge on any atom is -0.453 e. The number of amides is 2. The summed E-state index contributed by atoms with van der Waals surface area (Å²) in [6, 6.07) is 11.3. The van der Waals surface area contributed by atoms with Crippen molar-refractivity contribution < 1.29 is 31.5 Å². The van der Waals surface area contributed by atoms with E-state index in [1.165, 1.54) is 24.1 Å². The topological polar surface area (TPSA) is 103 Å². The lowest BCUT2D eigenvalue weighted by Gasteiger charge is -2.55. The third kappa shape index (κ3) is 7.46. The number of nitrogens with one attached hydrogen (secondary N) is 1. The number of hydrogen-bond donors (Lipinski definition) is 1. The van der Waals surface area contributed by atoms with Crippen molar-refractivity contribution in [2.24, 2.45) is 17.3 Å². The third-order valence-electron chi connectivity index (χ3n) is 12.9. The minimum absolute atomic E-state index is 0.0467. The quantitative estimate of drug-likeness (QED) is 0.330. The number of methoxy groups -OCH3 is 1. The lowest BCUT2D eigenvalue weighted by Crippen LogP contribution is -2.62. The molecule has 0 spiro atoms. The Kier molecular flexibility index (Phi) is 11.0. The summed E-state index contributed by atoms with van der Waals surface area (Å²) in [6.45, 7) is 10.7. The first kappa shape index (κ1) is 38.5. The summed E-state index contributed by atoms with van der Waals surface area (Å²) in [6.07, 6.45) is 5.49. The number of anilines is 1. The SMILES string of the molecule is CC#CC(=O)N1CC(S(=O)(=O)c2ccc(N3CC(C)(CN4CCC(C(CN5CCC5)(c5cccc(F)c5)[C@H]5CCC[C@@H]5NC(=O)OC)CC4)C3)c(F)c2)C1. The van der Waals surface area contributed by atoms with Gasteiger partial charge in [-0.2, -0.15) is 0 Å². The molecule has 2 aromatic carbocycles. The van der Waals surface area contributed by atoms with Crippen molar-refractivity contribution >= 4 is 27.5 Å². The highest BCUT2D eigenvalue weighted by Gasteiger charge is 2.53. The Morgan fingerprint density at radius 1 is 0.981 bits per heavy atom. The summed E-state index contributed by atoms with van der Waals surface area (Å²) in [5.74, 6) is 4.20. The lowest BCUT2D eigenvalue weighted by atomic mass is 9.57. The predicted molar refractivity (Wildman–Crippen MR) is 203 cm³/mol. The maximum absolute atomic E-state index is 15.5. The van der Waals surface area contributed by atoms with Gasteiger partial charge >= 0.3 is 6.09 Å². The molecule has 1 aliphatic carbocycles. The summed E-state index contributed by atoms with van der Waals surface area (Å²) in [4.78, 5) is 32.8. The van der Waals surface area contributed by atoms with E-state index in [9.17, 15) is 18.0 Å². The normalized spacial score (nSPS) is 24.7. The second-order valence-corrected chi connectivity index (χ2v) is 18.8. The van der Waals surface area contributed by atoms with Gasteiger partial charge in [0.2, 0.25) is 0 Å². The van der Waals surface area contributed by atoms with Gasteiger partial charge in [0.15, 0.2) is 9.84 Å². The molecule has 2 aromatic rings. The summed E-state index contributed by atoms with van der Waals surface area (Å²) in [5.41, 5.74) is 1.03. The Bertz CT molecular complexity index is 1890. The van der Waals surface area contributed by atoms with E-state index in [0.29, 0.717) is 24.7 Å². The van der Waals surface area contributed by atoms with Gasteiger partial charge < -0.3 is 29.7 Å². The zero-order valence-corrected chi connectivity index (χ0v) is 32.5. The van der Waals surface area contributed by atoms with E-state index >= 15 is 8.78 Å². The second kappa shape index (κ2) is 15.4. The van der Waals surface area contributed by atoms with Crippen LogP contribution in [0.4, 0.5) is 19.3 Å². The smallest absolute Gasteiger partial charge is 0.407 e. The number of alkyl carbamates (subject to hydrolysis) is 1. The van der Waals surface area contributed by atoms with E-state index in [1.807, 2.05) is 11.0 Å². The number of benzene rings is 2. The standard InChI is InChI=1S/C41H53F2N5O5S/c1-4-8-38(49)47-23-33(24-47)54(51,52)32-13-14-37(35(43)22-32)48-26-40(2,27-48)25-46-19-15-29(16-20-46)41(28-45-17-7-18-45,30-9-5-10-31(42)21-30)34-11-6-12-36(34)44-39(50)53-3/h5,9-10,13-14,21-22,29,33-34,36H,6-7,11-12,15-20,23-28H2,1-3H3,(H,44,50)/t34-,36-,41?/m0/s1. The molecule has 2 amide bonds. The molecule has 4 saturated heterocycles. The molecular weight excluding hydrogens is 713 g/mol. The molecule has 0 radical (unpaired) electrons. The molecule has 54 heavy (non-hydrogen) atoms. The average Bonchev–Trinajstić information content (AvgIpc) is 3.55.